The lowest BCUT2D eigenvalue weighted by Crippen LogP contribution is -2.07. The van der Waals surface area contributed by atoms with Crippen molar-refractivity contribution >= 4 is 0 Å². The first-order chi connectivity index (χ1) is 8.43. The second kappa shape index (κ2) is 4.41. The molecule has 0 aliphatic carbocycles. The summed E-state index contributed by atoms with van der Waals surface area (Å²) in [5, 5.41) is 0. The summed E-state index contributed by atoms with van der Waals surface area (Å²) in [6.07, 6.45) is -2.33. The fourth-order valence-corrected chi connectivity index (χ4v) is 1.54. The van der Waals surface area contributed by atoms with Crippen LogP contribution in [0.4, 0.5) is 13.2 Å². The Balaban J connectivity index is 2.57. The van der Waals surface area contributed by atoms with Gasteiger partial charge >= 0.3 is 6.18 Å². The SMILES string of the molecule is Cc1nc(-c2cnccc2C(F)(F)F)oc1CN. The highest BCUT2D eigenvalue weighted by Gasteiger charge is 2.35. The zero-order chi connectivity index (χ0) is 13.3. The first kappa shape index (κ1) is 12.6. The maximum Gasteiger partial charge on any atom is 0.417 e. The van der Waals surface area contributed by atoms with Gasteiger partial charge in [0.25, 0.3) is 0 Å². The van der Waals surface area contributed by atoms with Crippen LogP contribution in [0.1, 0.15) is 17.0 Å². The molecule has 0 fully saturated rings. The van der Waals surface area contributed by atoms with Crippen LogP contribution in [0.15, 0.2) is 22.9 Å². The molecule has 0 radical (unpaired) electrons. The quantitative estimate of drug-likeness (QED) is 0.897. The number of hydrogen-bond donors (Lipinski definition) is 1. The Bertz CT molecular complexity index is 563. The number of nitrogens with two attached hydrogens (primary N) is 1. The zero-order valence-corrected chi connectivity index (χ0v) is 9.45. The van der Waals surface area contributed by atoms with Crippen LogP contribution >= 0.6 is 0 Å². The molecule has 0 aliphatic heterocycles. The number of oxazole rings is 1. The van der Waals surface area contributed by atoms with Crippen LogP contribution in [0.2, 0.25) is 0 Å². The summed E-state index contributed by atoms with van der Waals surface area (Å²) in [4.78, 5) is 7.61. The summed E-state index contributed by atoms with van der Waals surface area (Å²) in [7, 11) is 0. The highest BCUT2D eigenvalue weighted by molar-refractivity contribution is 5.58. The molecule has 0 saturated carbocycles. The molecule has 0 atom stereocenters. The average Bonchev–Trinajstić information content (AvgIpc) is 2.69. The van der Waals surface area contributed by atoms with E-state index in [4.69, 9.17) is 10.2 Å². The van der Waals surface area contributed by atoms with Gasteiger partial charge in [-0.15, -0.1) is 0 Å². The van der Waals surface area contributed by atoms with Crippen LogP contribution in [-0.2, 0) is 12.7 Å². The molecule has 2 heterocycles. The van der Waals surface area contributed by atoms with Crippen LogP contribution in [0.3, 0.4) is 0 Å². The summed E-state index contributed by atoms with van der Waals surface area (Å²) < 4.78 is 43.6. The standard InChI is InChI=1S/C11H10F3N3O/c1-6-9(4-15)18-10(17-6)7-5-16-3-2-8(7)11(12,13)14/h2-3,5H,4,15H2,1H3. The monoisotopic (exact) mass is 257 g/mol. The molecule has 0 aliphatic rings. The van der Waals surface area contributed by atoms with Crippen LogP contribution in [0, 0.1) is 6.92 Å². The van der Waals surface area contributed by atoms with Crippen molar-refractivity contribution in [3.8, 4) is 11.5 Å². The van der Waals surface area contributed by atoms with E-state index in [9.17, 15) is 13.2 Å². The van der Waals surface area contributed by atoms with Crippen LogP contribution in [0.5, 0.6) is 0 Å². The van der Waals surface area contributed by atoms with Crippen molar-refractivity contribution in [2.75, 3.05) is 0 Å². The van der Waals surface area contributed by atoms with Crippen LogP contribution in [-0.4, -0.2) is 9.97 Å². The van der Waals surface area contributed by atoms with Crippen molar-refractivity contribution in [1.82, 2.24) is 9.97 Å². The van der Waals surface area contributed by atoms with Gasteiger partial charge in [0.15, 0.2) is 0 Å². The van der Waals surface area contributed by atoms with Gasteiger partial charge in [-0.3, -0.25) is 4.98 Å². The van der Waals surface area contributed by atoms with Gasteiger partial charge in [-0.1, -0.05) is 0 Å². The molecule has 18 heavy (non-hydrogen) atoms. The number of hydrogen-bond acceptors (Lipinski definition) is 4. The molecule has 2 N–H and O–H groups in total. The van der Waals surface area contributed by atoms with E-state index in [1.807, 2.05) is 0 Å². The maximum absolute atomic E-state index is 12.8. The van der Waals surface area contributed by atoms with Crippen molar-refractivity contribution in [3.05, 3.63) is 35.5 Å². The largest absolute Gasteiger partial charge is 0.439 e. The van der Waals surface area contributed by atoms with Gasteiger partial charge in [0, 0.05) is 12.4 Å². The summed E-state index contributed by atoms with van der Waals surface area (Å²) in [5.74, 6) is 0.246. The van der Waals surface area contributed by atoms with Gasteiger partial charge in [0.1, 0.15) is 5.76 Å². The van der Waals surface area contributed by atoms with Gasteiger partial charge in [0.2, 0.25) is 5.89 Å². The fourth-order valence-electron chi connectivity index (χ4n) is 1.54. The summed E-state index contributed by atoms with van der Waals surface area (Å²) in [6.45, 7) is 1.71. The van der Waals surface area contributed by atoms with Crippen molar-refractivity contribution < 1.29 is 17.6 Å². The Hall–Kier alpha value is -1.89. The Morgan fingerprint density at radius 2 is 2.11 bits per heavy atom. The molecule has 2 aromatic heterocycles. The number of aryl methyl sites for hydroxylation is 1. The third-order valence-electron chi connectivity index (χ3n) is 2.43. The highest BCUT2D eigenvalue weighted by Crippen LogP contribution is 2.36. The molecule has 4 nitrogen and oxygen atoms in total. The molecule has 96 valence electrons. The molecule has 0 bridgehead atoms. The predicted molar refractivity (Wildman–Crippen MR) is 57.4 cm³/mol. The Labute approximate surface area is 101 Å². The number of pyridine rings is 1. The molecule has 7 heteroatoms. The molecule has 0 unspecified atom stereocenters. The summed E-state index contributed by atoms with van der Waals surface area (Å²) in [5.41, 5.74) is 4.85. The Morgan fingerprint density at radius 3 is 2.67 bits per heavy atom. The number of aromatic nitrogens is 2. The van der Waals surface area contributed by atoms with E-state index in [1.54, 1.807) is 6.92 Å². The molecule has 0 amide bonds. The number of rotatable bonds is 2. The van der Waals surface area contributed by atoms with Crippen LogP contribution in [0.25, 0.3) is 11.5 Å². The van der Waals surface area contributed by atoms with E-state index < -0.39 is 11.7 Å². The second-order valence-electron chi connectivity index (χ2n) is 3.65. The van der Waals surface area contributed by atoms with Crippen LogP contribution < -0.4 is 5.73 Å². The summed E-state index contributed by atoms with van der Waals surface area (Å²) >= 11 is 0. The van der Waals surface area contributed by atoms with E-state index in [1.165, 1.54) is 0 Å². The second-order valence-corrected chi connectivity index (χ2v) is 3.65. The lowest BCUT2D eigenvalue weighted by atomic mass is 10.1. The number of halogens is 3. The van der Waals surface area contributed by atoms with Crippen molar-refractivity contribution in [1.29, 1.82) is 0 Å². The molecular formula is C11H10F3N3O. The topological polar surface area (TPSA) is 64.9 Å². The predicted octanol–water partition coefficient (Wildman–Crippen LogP) is 2.52. The molecule has 0 aromatic carbocycles. The van der Waals surface area contributed by atoms with E-state index in [0.29, 0.717) is 11.5 Å². The minimum absolute atomic E-state index is 0.0838. The fraction of sp³-hybridized carbons (Fsp3) is 0.273. The van der Waals surface area contributed by atoms with E-state index >= 15 is 0 Å². The smallest absolute Gasteiger partial charge is 0.417 e. The minimum atomic E-state index is -4.48. The van der Waals surface area contributed by atoms with Gasteiger partial charge in [-0.05, 0) is 13.0 Å². The molecule has 0 saturated heterocycles. The van der Waals surface area contributed by atoms with E-state index in [0.717, 1.165) is 18.5 Å². The molecule has 2 aromatic rings. The normalized spacial score (nSPS) is 11.8. The minimum Gasteiger partial charge on any atom is -0.439 e. The zero-order valence-electron chi connectivity index (χ0n) is 9.45. The lowest BCUT2D eigenvalue weighted by molar-refractivity contribution is -0.137. The highest BCUT2D eigenvalue weighted by atomic mass is 19.4. The Kier molecular flexibility index (Phi) is 3.08. The number of alkyl halides is 3. The molecule has 2 rings (SSSR count). The van der Waals surface area contributed by atoms with E-state index in [2.05, 4.69) is 9.97 Å². The maximum atomic E-state index is 12.8. The number of nitrogens with zero attached hydrogens (tertiary/aromatic N) is 2. The van der Waals surface area contributed by atoms with Crippen molar-refractivity contribution in [2.24, 2.45) is 5.73 Å². The lowest BCUT2D eigenvalue weighted by Gasteiger charge is -2.09. The average molecular weight is 257 g/mol. The van der Waals surface area contributed by atoms with Gasteiger partial charge in [-0.25, -0.2) is 4.98 Å². The third kappa shape index (κ3) is 2.21. The molecule has 0 spiro atoms. The summed E-state index contributed by atoms with van der Waals surface area (Å²) in [6, 6.07) is 0.886. The van der Waals surface area contributed by atoms with E-state index in [-0.39, 0.29) is 18.0 Å². The molecular weight excluding hydrogens is 247 g/mol. The van der Waals surface area contributed by atoms with Gasteiger partial charge in [-0.2, -0.15) is 13.2 Å². The first-order valence-electron chi connectivity index (χ1n) is 5.11. The first-order valence-corrected chi connectivity index (χ1v) is 5.11. The van der Waals surface area contributed by atoms with Crippen molar-refractivity contribution in [3.63, 3.8) is 0 Å². The Morgan fingerprint density at radius 1 is 1.39 bits per heavy atom. The third-order valence-corrected chi connectivity index (χ3v) is 2.43. The van der Waals surface area contributed by atoms with Crippen molar-refractivity contribution in [2.45, 2.75) is 19.6 Å². The van der Waals surface area contributed by atoms with Gasteiger partial charge < -0.3 is 10.2 Å². The van der Waals surface area contributed by atoms with Gasteiger partial charge in [0.05, 0.1) is 23.4 Å².